The zero-order valence-electron chi connectivity index (χ0n) is 5.40. The largest absolute Gasteiger partial charge is 0.0885 e. The van der Waals surface area contributed by atoms with E-state index in [1.807, 2.05) is 0 Å². The molecule has 0 aromatic heterocycles. The third kappa shape index (κ3) is 4.26. The van der Waals surface area contributed by atoms with Crippen LogP contribution in [0.2, 0.25) is 0 Å². The van der Waals surface area contributed by atoms with Gasteiger partial charge >= 0.3 is 0 Å². The molecule has 0 aliphatic heterocycles. The summed E-state index contributed by atoms with van der Waals surface area (Å²) in [6.07, 6.45) is 13.0. The Bertz CT molecular complexity index is 62.1. The molecular formula is C9H18. The van der Waals surface area contributed by atoms with E-state index in [1.165, 1.54) is 38.5 Å². The minimum Gasteiger partial charge on any atom is -0.0885 e. The van der Waals surface area contributed by atoms with Crippen molar-refractivity contribution < 1.29 is 0 Å². The number of rotatable bonds is 0. The Hall–Kier alpha value is -0.260. The van der Waals surface area contributed by atoms with Gasteiger partial charge in [-0.1, -0.05) is 32.4 Å². The van der Waals surface area contributed by atoms with E-state index in [1.54, 1.807) is 0 Å². The van der Waals surface area contributed by atoms with Crippen LogP contribution in [0.1, 0.15) is 46.0 Å². The van der Waals surface area contributed by atoms with Crippen molar-refractivity contribution >= 4 is 0 Å². The van der Waals surface area contributed by atoms with Crippen LogP contribution in [0.3, 0.4) is 0 Å². The first-order valence-electron chi connectivity index (χ1n) is 3.65. The summed E-state index contributed by atoms with van der Waals surface area (Å²) in [7, 11) is 0. The van der Waals surface area contributed by atoms with E-state index in [9.17, 15) is 0 Å². The van der Waals surface area contributed by atoms with Gasteiger partial charge in [-0.3, -0.25) is 0 Å². The Balaban J connectivity index is 0.000000640. The van der Waals surface area contributed by atoms with Gasteiger partial charge in [0.15, 0.2) is 0 Å². The Morgan fingerprint density at radius 3 is 1.56 bits per heavy atom. The summed E-state index contributed by atoms with van der Waals surface area (Å²) in [6, 6.07) is 0. The fourth-order valence-corrected chi connectivity index (χ4v) is 1.11. The molecule has 0 N–H and O–H groups in total. The molecule has 0 unspecified atom stereocenters. The summed E-state index contributed by atoms with van der Waals surface area (Å²) in [5, 5.41) is 0. The third-order valence-electron chi connectivity index (χ3n) is 1.66. The minimum absolute atomic E-state index is 0. The van der Waals surface area contributed by atoms with Crippen LogP contribution in [0.5, 0.6) is 0 Å². The molecule has 0 heteroatoms. The maximum absolute atomic E-state index is 2.32. The summed E-state index contributed by atoms with van der Waals surface area (Å²) >= 11 is 0. The van der Waals surface area contributed by atoms with E-state index in [-0.39, 0.29) is 7.43 Å². The highest BCUT2D eigenvalue weighted by atomic mass is 14.0. The zero-order chi connectivity index (χ0) is 5.66. The van der Waals surface area contributed by atoms with Crippen molar-refractivity contribution in [3.05, 3.63) is 12.2 Å². The molecule has 0 saturated heterocycles. The van der Waals surface area contributed by atoms with Crippen LogP contribution in [-0.2, 0) is 0 Å². The highest BCUT2D eigenvalue weighted by Crippen LogP contribution is 2.09. The van der Waals surface area contributed by atoms with Gasteiger partial charge in [0.25, 0.3) is 0 Å². The molecule has 1 rings (SSSR count). The van der Waals surface area contributed by atoms with E-state index >= 15 is 0 Å². The second-order valence-electron chi connectivity index (χ2n) is 2.46. The molecule has 9 heavy (non-hydrogen) atoms. The molecule has 1 aliphatic rings. The fourth-order valence-electron chi connectivity index (χ4n) is 1.11. The van der Waals surface area contributed by atoms with E-state index in [4.69, 9.17) is 0 Å². The van der Waals surface area contributed by atoms with Crippen molar-refractivity contribution in [1.29, 1.82) is 0 Å². The van der Waals surface area contributed by atoms with Crippen molar-refractivity contribution in [2.75, 3.05) is 0 Å². The standard InChI is InChI=1S/C8H14.CH4/c1-2-4-6-8-7-5-3-1;/h1-2H,3-8H2;1H4. The molecule has 0 atom stereocenters. The first-order chi connectivity index (χ1) is 4.00. The van der Waals surface area contributed by atoms with Gasteiger partial charge in [-0.2, -0.15) is 0 Å². The highest BCUT2D eigenvalue weighted by Gasteiger charge is 1.89. The lowest BCUT2D eigenvalue weighted by atomic mass is 10.1. The van der Waals surface area contributed by atoms with Crippen molar-refractivity contribution in [3.63, 3.8) is 0 Å². The van der Waals surface area contributed by atoms with Crippen LogP contribution in [0.15, 0.2) is 12.2 Å². The summed E-state index contributed by atoms with van der Waals surface area (Å²) in [4.78, 5) is 0. The Labute approximate surface area is 59.0 Å². The molecule has 0 spiro atoms. The number of hydrogen-bond acceptors (Lipinski definition) is 0. The summed E-state index contributed by atoms with van der Waals surface area (Å²) in [6.45, 7) is 0. The zero-order valence-corrected chi connectivity index (χ0v) is 5.40. The van der Waals surface area contributed by atoms with Gasteiger partial charge in [0.1, 0.15) is 0 Å². The van der Waals surface area contributed by atoms with Crippen molar-refractivity contribution in [1.82, 2.24) is 0 Å². The van der Waals surface area contributed by atoms with E-state index in [0.29, 0.717) is 0 Å². The predicted octanol–water partition coefficient (Wildman–Crippen LogP) is 3.53. The highest BCUT2D eigenvalue weighted by molar-refractivity contribution is 4.82. The Morgan fingerprint density at radius 2 is 1.11 bits per heavy atom. The SMILES string of the molecule is C.C1=CCCCCCC1. The molecule has 0 heterocycles. The van der Waals surface area contributed by atoms with Crippen LogP contribution >= 0.6 is 0 Å². The van der Waals surface area contributed by atoms with E-state index in [0.717, 1.165) is 0 Å². The maximum atomic E-state index is 2.32. The lowest BCUT2D eigenvalue weighted by Crippen LogP contribution is -1.80. The van der Waals surface area contributed by atoms with Crippen molar-refractivity contribution in [2.24, 2.45) is 0 Å². The van der Waals surface area contributed by atoms with E-state index < -0.39 is 0 Å². The smallest absolute Gasteiger partial charge is 0.0351 e. The van der Waals surface area contributed by atoms with E-state index in [2.05, 4.69) is 12.2 Å². The van der Waals surface area contributed by atoms with Gasteiger partial charge in [-0.15, -0.1) is 0 Å². The third-order valence-corrected chi connectivity index (χ3v) is 1.66. The molecular weight excluding hydrogens is 108 g/mol. The maximum Gasteiger partial charge on any atom is -0.0351 e. The lowest BCUT2D eigenvalue weighted by molar-refractivity contribution is 0.638. The molecule has 0 bridgehead atoms. The first-order valence-corrected chi connectivity index (χ1v) is 3.65. The second-order valence-corrected chi connectivity index (χ2v) is 2.46. The monoisotopic (exact) mass is 126 g/mol. The van der Waals surface area contributed by atoms with Crippen LogP contribution < -0.4 is 0 Å². The minimum atomic E-state index is 0. The molecule has 0 saturated carbocycles. The van der Waals surface area contributed by atoms with Gasteiger partial charge in [0.05, 0.1) is 0 Å². The molecule has 1 aliphatic carbocycles. The molecule has 0 nitrogen and oxygen atoms in total. The van der Waals surface area contributed by atoms with Crippen LogP contribution in [0.4, 0.5) is 0 Å². The normalized spacial score (nSPS) is 19.6. The quantitative estimate of drug-likeness (QED) is 0.435. The molecule has 0 amide bonds. The van der Waals surface area contributed by atoms with Gasteiger partial charge in [-0.05, 0) is 25.7 Å². The second kappa shape index (κ2) is 5.87. The lowest BCUT2D eigenvalue weighted by Gasteiger charge is -2.00. The molecule has 0 radical (unpaired) electrons. The summed E-state index contributed by atoms with van der Waals surface area (Å²) in [5.41, 5.74) is 0. The molecule has 54 valence electrons. The van der Waals surface area contributed by atoms with Crippen LogP contribution in [-0.4, -0.2) is 0 Å². The molecule has 0 fully saturated rings. The van der Waals surface area contributed by atoms with Gasteiger partial charge in [-0.25, -0.2) is 0 Å². The summed E-state index contributed by atoms with van der Waals surface area (Å²) in [5.74, 6) is 0. The Morgan fingerprint density at radius 1 is 0.667 bits per heavy atom. The predicted molar refractivity (Wildman–Crippen MR) is 43.6 cm³/mol. The summed E-state index contributed by atoms with van der Waals surface area (Å²) < 4.78 is 0. The molecule has 0 aromatic carbocycles. The average molecular weight is 126 g/mol. The fraction of sp³-hybridized carbons (Fsp3) is 0.778. The average Bonchev–Trinajstić information content (AvgIpc) is 1.62. The topological polar surface area (TPSA) is 0 Å². The van der Waals surface area contributed by atoms with Crippen LogP contribution in [0.25, 0.3) is 0 Å². The molecule has 0 aromatic rings. The van der Waals surface area contributed by atoms with Gasteiger partial charge < -0.3 is 0 Å². The van der Waals surface area contributed by atoms with Gasteiger partial charge in [0, 0.05) is 0 Å². The first kappa shape index (κ1) is 8.74. The van der Waals surface area contributed by atoms with Gasteiger partial charge in [0.2, 0.25) is 0 Å². The van der Waals surface area contributed by atoms with Crippen molar-refractivity contribution in [2.45, 2.75) is 46.0 Å². The number of hydrogen-bond donors (Lipinski definition) is 0. The Kier molecular flexibility index (Phi) is 5.70. The number of allylic oxidation sites excluding steroid dienone is 2. The van der Waals surface area contributed by atoms with Crippen LogP contribution in [0, 0.1) is 0 Å². The van der Waals surface area contributed by atoms with Crippen molar-refractivity contribution in [3.8, 4) is 0 Å².